The van der Waals surface area contributed by atoms with Gasteiger partial charge in [0.15, 0.2) is 0 Å². The number of nitrogens with zero attached hydrogens (tertiary/aromatic N) is 1. The number of piperidine rings is 1. The molecule has 1 amide bonds. The van der Waals surface area contributed by atoms with Crippen molar-refractivity contribution in [2.24, 2.45) is 0 Å². The minimum atomic E-state index is -0.427. The predicted octanol–water partition coefficient (Wildman–Crippen LogP) is 1.77. The topological polar surface area (TPSA) is 41.6 Å². The van der Waals surface area contributed by atoms with Crippen molar-refractivity contribution in [2.75, 3.05) is 39.4 Å². The summed E-state index contributed by atoms with van der Waals surface area (Å²) >= 11 is 0. The molecule has 0 aromatic heterocycles. The number of halogens is 1. The van der Waals surface area contributed by atoms with Gasteiger partial charge in [-0.25, -0.2) is 4.39 Å². The molecule has 2 fully saturated rings. The molecule has 0 unspecified atom stereocenters. The van der Waals surface area contributed by atoms with E-state index in [1.165, 1.54) is 6.07 Å². The molecule has 3 rings (SSSR count). The van der Waals surface area contributed by atoms with Crippen LogP contribution >= 0.6 is 0 Å². The van der Waals surface area contributed by atoms with Crippen LogP contribution in [-0.2, 0) is 4.74 Å². The highest BCUT2D eigenvalue weighted by Crippen LogP contribution is 2.27. The lowest BCUT2D eigenvalue weighted by Crippen LogP contribution is -2.41. The van der Waals surface area contributed by atoms with Gasteiger partial charge in [-0.2, -0.15) is 0 Å². The smallest absolute Gasteiger partial charge is 0.256 e. The van der Waals surface area contributed by atoms with Gasteiger partial charge in [0.1, 0.15) is 5.82 Å². The second-order valence-electron chi connectivity index (χ2n) is 5.67. The van der Waals surface area contributed by atoms with E-state index in [1.807, 2.05) is 6.07 Å². The van der Waals surface area contributed by atoms with Crippen LogP contribution in [0.1, 0.15) is 34.7 Å². The maximum Gasteiger partial charge on any atom is 0.256 e. The summed E-state index contributed by atoms with van der Waals surface area (Å²) in [6.45, 7) is 4.10. The van der Waals surface area contributed by atoms with Crippen LogP contribution in [0, 0.1) is 5.82 Å². The fraction of sp³-hybridized carbons (Fsp3) is 0.562. The van der Waals surface area contributed by atoms with Crippen molar-refractivity contribution < 1.29 is 13.9 Å². The van der Waals surface area contributed by atoms with E-state index in [2.05, 4.69) is 5.32 Å². The van der Waals surface area contributed by atoms with Crippen molar-refractivity contribution >= 4 is 5.91 Å². The van der Waals surface area contributed by atoms with Crippen LogP contribution in [-0.4, -0.2) is 50.2 Å². The first kappa shape index (κ1) is 14.5. The number of amides is 1. The fourth-order valence-corrected chi connectivity index (χ4v) is 3.05. The van der Waals surface area contributed by atoms with E-state index in [0.29, 0.717) is 32.2 Å². The van der Waals surface area contributed by atoms with E-state index in [1.54, 1.807) is 11.0 Å². The number of hydrogen-bond donors (Lipinski definition) is 1. The number of nitrogens with one attached hydrogen (secondary N) is 1. The average molecular weight is 292 g/mol. The van der Waals surface area contributed by atoms with Crippen LogP contribution in [0.2, 0.25) is 0 Å². The highest BCUT2D eigenvalue weighted by molar-refractivity contribution is 5.94. The van der Waals surface area contributed by atoms with Crippen LogP contribution in [0.25, 0.3) is 0 Å². The van der Waals surface area contributed by atoms with Crippen molar-refractivity contribution in [3.63, 3.8) is 0 Å². The molecule has 0 aliphatic carbocycles. The highest BCUT2D eigenvalue weighted by Gasteiger charge is 2.23. The van der Waals surface area contributed by atoms with Gasteiger partial charge in [0.2, 0.25) is 0 Å². The Morgan fingerprint density at radius 1 is 1.24 bits per heavy atom. The Morgan fingerprint density at radius 3 is 2.67 bits per heavy atom. The van der Waals surface area contributed by atoms with Crippen LogP contribution < -0.4 is 5.32 Å². The molecule has 1 N–H and O–H groups in total. The van der Waals surface area contributed by atoms with Crippen LogP contribution in [0.5, 0.6) is 0 Å². The van der Waals surface area contributed by atoms with Gasteiger partial charge in [-0.15, -0.1) is 0 Å². The molecule has 5 heteroatoms. The molecule has 0 radical (unpaired) electrons. The molecule has 2 saturated heterocycles. The highest BCUT2D eigenvalue weighted by atomic mass is 19.1. The van der Waals surface area contributed by atoms with Gasteiger partial charge in [-0.1, -0.05) is 6.07 Å². The first-order chi connectivity index (χ1) is 10.3. The molecule has 0 bridgehead atoms. The molecular formula is C16H21FN2O2. The van der Waals surface area contributed by atoms with Gasteiger partial charge in [-0.3, -0.25) is 4.79 Å². The molecule has 1 aromatic carbocycles. The Balaban J connectivity index is 1.81. The van der Waals surface area contributed by atoms with Crippen molar-refractivity contribution in [1.29, 1.82) is 0 Å². The molecule has 1 aromatic rings. The van der Waals surface area contributed by atoms with Crippen molar-refractivity contribution in [1.82, 2.24) is 10.2 Å². The maximum atomic E-state index is 14.1. The normalized spacial score (nSPS) is 20.5. The van der Waals surface area contributed by atoms with Gasteiger partial charge in [0, 0.05) is 13.1 Å². The Kier molecular flexibility index (Phi) is 4.51. The second-order valence-corrected chi connectivity index (χ2v) is 5.67. The van der Waals surface area contributed by atoms with E-state index >= 15 is 0 Å². The van der Waals surface area contributed by atoms with Crippen molar-refractivity contribution in [2.45, 2.75) is 18.8 Å². The van der Waals surface area contributed by atoms with E-state index < -0.39 is 5.82 Å². The number of rotatable bonds is 2. The fourth-order valence-electron chi connectivity index (χ4n) is 3.05. The standard InChI is InChI=1S/C16H21FN2O2/c17-15-2-1-13(12-3-5-18-6-4-12)11-14(15)16(20)19-7-9-21-10-8-19/h1-2,11-12,18H,3-10H2. The predicted molar refractivity (Wildman–Crippen MR) is 78.0 cm³/mol. The van der Waals surface area contributed by atoms with Crippen LogP contribution in [0.3, 0.4) is 0 Å². The van der Waals surface area contributed by atoms with Crippen molar-refractivity contribution in [3.05, 3.63) is 35.1 Å². The first-order valence-electron chi connectivity index (χ1n) is 7.63. The molecular weight excluding hydrogens is 271 g/mol. The van der Waals surface area contributed by atoms with Gasteiger partial charge in [-0.05, 0) is 49.5 Å². The number of carbonyl (C=O) groups is 1. The summed E-state index contributed by atoms with van der Waals surface area (Å²) in [7, 11) is 0. The minimum Gasteiger partial charge on any atom is -0.378 e. The monoisotopic (exact) mass is 292 g/mol. The number of benzene rings is 1. The summed E-state index contributed by atoms with van der Waals surface area (Å²) in [5.41, 5.74) is 1.28. The zero-order valence-corrected chi connectivity index (χ0v) is 12.1. The quantitative estimate of drug-likeness (QED) is 0.903. The lowest BCUT2D eigenvalue weighted by atomic mass is 9.89. The summed E-state index contributed by atoms with van der Waals surface area (Å²) in [5.74, 6) is -0.223. The Hall–Kier alpha value is -1.46. The van der Waals surface area contributed by atoms with Crippen LogP contribution in [0.4, 0.5) is 4.39 Å². The molecule has 2 aliphatic rings. The molecule has 114 valence electrons. The largest absolute Gasteiger partial charge is 0.378 e. The van der Waals surface area contributed by atoms with Crippen LogP contribution in [0.15, 0.2) is 18.2 Å². The Morgan fingerprint density at radius 2 is 1.95 bits per heavy atom. The SMILES string of the molecule is O=C(c1cc(C2CCNCC2)ccc1F)N1CCOCC1. The third kappa shape index (κ3) is 3.24. The summed E-state index contributed by atoms with van der Waals surface area (Å²) < 4.78 is 19.3. The molecule has 2 aliphatic heterocycles. The van der Waals surface area contributed by atoms with Gasteiger partial charge in [0.05, 0.1) is 18.8 Å². The first-order valence-corrected chi connectivity index (χ1v) is 7.63. The molecule has 4 nitrogen and oxygen atoms in total. The summed E-state index contributed by atoms with van der Waals surface area (Å²) in [6, 6.07) is 5.01. The Bertz CT molecular complexity index is 509. The van der Waals surface area contributed by atoms with Gasteiger partial charge >= 0.3 is 0 Å². The summed E-state index contributed by atoms with van der Waals surface area (Å²) in [6.07, 6.45) is 2.08. The van der Waals surface area contributed by atoms with E-state index in [-0.39, 0.29) is 11.5 Å². The zero-order chi connectivity index (χ0) is 14.7. The molecule has 2 heterocycles. The van der Waals surface area contributed by atoms with Crippen molar-refractivity contribution in [3.8, 4) is 0 Å². The van der Waals surface area contributed by atoms with Gasteiger partial charge in [0.25, 0.3) is 5.91 Å². The van der Waals surface area contributed by atoms with E-state index in [4.69, 9.17) is 4.74 Å². The summed E-state index contributed by atoms with van der Waals surface area (Å²) in [5, 5.41) is 3.32. The number of carbonyl (C=O) groups excluding carboxylic acids is 1. The average Bonchev–Trinajstić information content (AvgIpc) is 2.56. The second kappa shape index (κ2) is 6.54. The number of morpholine rings is 1. The lowest BCUT2D eigenvalue weighted by molar-refractivity contribution is 0.0300. The number of ether oxygens (including phenoxy) is 1. The molecule has 21 heavy (non-hydrogen) atoms. The molecule has 0 saturated carbocycles. The zero-order valence-electron chi connectivity index (χ0n) is 12.1. The third-order valence-electron chi connectivity index (χ3n) is 4.33. The third-order valence-corrected chi connectivity index (χ3v) is 4.33. The lowest BCUT2D eigenvalue weighted by Gasteiger charge is -2.28. The molecule has 0 atom stereocenters. The van der Waals surface area contributed by atoms with Gasteiger partial charge < -0.3 is 15.0 Å². The van der Waals surface area contributed by atoms with E-state index in [0.717, 1.165) is 31.5 Å². The molecule has 0 spiro atoms. The summed E-state index contributed by atoms with van der Waals surface area (Å²) in [4.78, 5) is 14.1. The maximum absolute atomic E-state index is 14.1. The number of hydrogen-bond acceptors (Lipinski definition) is 3. The Labute approximate surface area is 124 Å². The minimum absolute atomic E-state index is 0.202. The van der Waals surface area contributed by atoms with E-state index in [9.17, 15) is 9.18 Å².